The minimum absolute atomic E-state index is 0.0751. The summed E-state index contributed by atoms with van der Waals surface area (Å²) in [7, 11) is -3.33. The number of aromatic nitrogens is 2. The highest BCUT2D eigenvalue weighted by Crippen LogP contribution is 2.15. The molecule has 2 rings (SSSR count). The molecular formula is C13H16ClN3O2S. The molecule has 0 aliphatic heterocycles. The maximum absolute atomic E-state index is 11.9. The topological polar surface area (TPSA) is 64.0 Å². The Hall–Kier alpha value is -1.53. The number of hydrogen-bond donors (Lipinski definition) is 1. The molecule has 1 aromatic heterocycles. The molecule has 0 amide bonds. The van der Waals surface area contributed by atoms with Crippen molar-refractivity contribution in [1.29, 1.82) is 0 Å². The van der Waals surface area contributed by atoms with E-state index in [9.17, 15) is 8.42 Å². The minimum atomic E-state index is -3.33. The maximum Gasteiger partial charge on any atom is 0.232 e. The first-order valence-electron chi connectivity index (χ1n) is 6.27. The molecule has 2 aromatic rings. The van der Waals surface area contributed by atoms with Crippen LogP contribution in [-0.2, 0) is 10.0 Å². The van der Waals surface area contributed by atoms with Crippen molar-refractivity contribution < 1.29 is 8.42 Å². The Labute approximate surface area is 123 Å². The van der Waals surface area contributed by atoms with Crippen LogP contribution in [0.15, 0.2) is 42.7 Å². The van der Waals surface area contributed by atoms with Crippen LogP contribution in [-0.4, -0.2) is 29.8 Å². The lowest BCUT2D eigenvalue weighted by Gasteiger charge is -2.09. The van der Waals surface area contributed by atoms with Gasteiger partial charge in [0.1, 0.15) is 0 Å². The molecule has 0 atom stereocenters. The van der Waals surface area contributed by atoms with Gasteiger partial charge in [-0.25, -0.2) is 13.1 Å². The fourth-order valence-electron chi connectivity index (χ4n) is 1.75. The van der Waals surface area contributed by atoms with Gasteiger partial charge in [0, 0.05) is 18.3 Å². The fourth-order valence-corrected chi connectivity index (χ4v) is 3.11. The lowest BCUT2D eigenvalue weighted by molar-refractivity contribution is 0.598. The van der Waals surface area contributed by atoms with E-state index in [1.165, 1.54) is 0 Å². The van der Waals surface area contributed by atoms with Crippen LogP contribution in [0.2, 0.25) is 0 Å². The van der Waals surface area contributed by atoms with Gasteiger partial charge in [-0.1, -0.05) is 6.07 Å². The molecule has 108 valence electrons. The molecule has 0 bridgehead atoms. The summed E-state index contributed by atoms with van der Waals surface area (Å²) in [6.45, 7) is 0. The Kier molecular flexibility index (Phi) is 5.03. The summed E-state index contributed by atoms with van der Waals surface area (Å²) in [5.41, 5.74) is 1.33. The van der Waals surface area contributed by atoms with E-state index < -0.39 is 10.0 Å². The Bertz CT molecular complexity index is 641. The highest BCUT2D eigenvalue weighted by atomic mass is 35.5. The van der Waals surface area contributed by atoms with Crippen molar-refractivity contribution in [2.24, 2.45) is 0 Å². The molecule has 1 N–H and O–H groups in total. The lowest BCUT2D eigenvalue weighted by atomic mass is 10.3. The molecule has 1 heterocycles. The number of unbranched alkanes of at least 4 members (excludes halogenated alkanes) is 1. The summed E-state index contributed by atoms with van der Waals surface area (Å²) in [6.07, 6.45) is 4.71. The standard InChI is InChI=1S/C13H16ClN3O2S/c14-7-1-2-10-20(18,19)16-12-5-3-6-13(11-12)17-9-4-8-15-17/h3-6,8-9,11,16H,1-2,7,10H2. The van der Waals surface area contributed by atoms with E-state index in [1.54, 1.807) is 35.3 Å². The van der Waals surface area contributed by atoms with Gasteiger partial charge < -0.3 is 0 Å². The molecule has 1 aromatic carbocycles. The van der Waals surface area contributed by atoms with E-state index in [1.807, 2.05) is 12.1 Å². The quantitative estimate of drug-likeness (QED) is 0.631. The average molecular weight is 314 g/mol. The van der Waals surface area contributed by atoms with Gasteiger partial charge in [0.25, 0.3) is 0 Å². The number of rotatable bonds is 7. The minimum Gasteiger partial charge on any atom is -0.283 e. The van der Waals surface area contributed by atoms with Crippen LogP contribution in [0.4, 0.5) is 5.69 Å². The molecule has 0 saturated heterocycles. The number of benzene rings is 1. The first-order valence-corrected chi connectivity index (χ1v) is 8.46. The molecule has 0 spiro atoms. The van der Waals surface area contributed by atoms with Gasteiger partial charge in [0.05, 0.1) is 17.1 Å². The molecule has 7 heteroatoms. The molecule has 0 fully saturated rings. The highest BCUT2D eigenvalue weighted by Gasteiger charge is 2.10. The number of nitrogens with one attached hydrogen (secondary N) is 1. The number of anilines is 1. The predicted octanol–water partition coefficient (Wildman–Crippen LogP) is 2.63. The number of halogens is 1. The fraction of sp³-hybridized carbons (Fsp3) is 0.308. The van der Waals surface area contributed by atoms with Gasteiger partial charge in [0.15, 0.2) is 0 Å². The normalized spacial score (nSPS) is 11.4. The molecule has 20 heavy (non-hydrogen) atoms. The second-order valence-corrected chi connectivity index (χ2v) is 6.54. The monoisotopic (exact) mass is 313 g/mol. The number of alkyl halides is 1. The zero-order chi connectivity index (χ0) is 14.4. The second-order valence-electron chi connectivity index (χ2n) is 4.32. The van der Waals surface area contributed by atoms with Crippen molar-refractivity contribution in [2.75, 3.05) is 16.4 Å². The summed E-state index contributed by atoms with van der Waals surface area (Å²) in [5.74, 6) is 0.552. The van der Waals surface area contributed by atoms with Crippen molar-refractivity contribution >= 4 is 27.3 Å². The van der Waals surface area contributed by atoms with Crippen molar-refractivity contribution in [3.63, 3.8) is 0 Å². The van der Waals surface area contributed by atoms with E-state index in [0.717, 1.165) is 5.69 Å². The molecule has 0 aliphatic rings. The van der Waals surface area contributed by atoms with Gasteiger partial charge in [-0.3, -0.25) is 4.72 Å². The van der Waals surface area contributed by atoms with Crippen molar-refractivity contribution in [3.05, 3.63) is 42.7 Å². The van der Waals surface area contributed by atoms with Crippen molar-refractivity contribution in [3.8, 4) is 5.69 Å². The SMILES string of the molecule is O=S(=O)(CCCCCl)Nc1cccc(-n2cccn2)c1. The number of nitrogens with zero attached hydrogens (tertiary/aromatic N) is 2. The third kappa shape index (κ3) is 4.25. The second kappa shape index (κ2) is 6.76. The number of sulfonamides is 1. The predicted molar refractivity (Wildman–Crippen MR) is 80.9 cm³/mol. The van der Waals surface area contributed by atoms with Crippen LogP contribution in [0.5, 0.6) is 0 Å². The maximum atomic E-state index is 11.9. The summed E-state index contributed by atoms with van der Waals surface area (Å²) in [4.78, 5) is 0. The van der Waals surface area contributed by atoms with Gasteiger partial charge >= 0.3 is 0 Å². The Morgan fingerprint density at radius 2 is 2.10 bits per heavy atom. The van der Waals surface area contributed by atoms with E-state index in [4.69, 9.17) is 11.6 Å². The third-order valence-electron chi connectivity index (χ3n) is 2.69. The smallest absolute Gasteiger partial charge is 0.232 e. The Morgan fingerprint density at radius 1 is 1.25 bits per heavy atom. The zero-order valence-electron chi connectivity index (χ0n) is 10.9. The average Bonchev–Trinajstić information content (AvgIpc) is 2.92. The van der Waals surface area contributed by atoms with Crippen LogP contribution < -0.4 is 4.72 Å². The molecule has 0 radical (unpaired) electrons. The van der Waals surface area contributed by atoms with Crippen molar-refractivity contribution in [2.45, 2.75) is 12.8 Å². The van der Waals surface area contributed by atoms with E-state index in [-0.39, 0.29) is 5.75 Å². The van der Waals surface area contributed by atoms with Crippen LogP contribution in [0, 0.1) is 0 Å². The molecule has 0 aliphatic carbocycles. The summed E-state index contributed by atoms with van der Waals surface area (Å²) >= 11 is 5.54. The molecule has 5 nitrogen and oxygen atoms in total. The van der Waals surface area contributed by atoms with Gasteiger partial charge in [-0.05, 0) is 37.1 Å². The van der Waals surface area contributed by atoms with Crippen LogP contribution >= 0.6 is 11.6 Å². The van der Waals surface area contributed by atoms with Gasteiger partial charge in [-0.15, -0.1) is 11.6 Å². The summed E-state index contributed by atoms with van der Waals surface area (Å²) in [5, 5.41) is 4.11. The Balaban J connectivity index is 2.08. The summed E-state index contributed by atoms with van der Waals surface area (Å²) < 4.78 is 28.0. The van der Waals surface area contributed by atoms with Gasteiger partial charge in [0.2, 0.25) is 10.0 Å². The van der Waals surface area contributed by atoms with E-state index >= 15 is 0 Å². The van der Waals surface area contributed by atoms with Crippen LogP contribution in [0.25, 0.3) is 5.69 Å². The number of hydrogen-bond acceptors (Lipinski definition) is 3. The van der Waals surface area contributed by atoms with E-state index in [0.29, 0.717) is 24.4 Å². The Morgan fingerprint density at radius 3 is 2.80 bits per heavy atom. The molecular weight excluding hydrogens is 298 g/mol. The first kappa shape index (κ1) is 14.9. The lowest BCUT2D eigenvalue weighted by Crippen LogP contribution is -2.17. The van der Waals surface area contributed by atoms with E-state index in [2.05, 4.69) is 9.82 Å². The molecule has 0 saturated carbocycles. The molecule has 0 unspecified atom stereocenters. The summed E-state index contributed by atoms with van der Waals surface area (Å²) in [6, 6.07) is 8.91. The van der Waals surface area contributed by atoms with Crippen LogP contribution in [0.3, 0.4) is 0 Å². The first-order chi connectivity index (χ1) is 9.61. The highest BCUT2D eigenvalue weighted by molar-refractivity contribution is 7.92. The zero-order valence-corrected chi connectivity index (χ0v) is 12.4. The largest absolute Gasteiger partial charge is 0.283 e. The van der Waals surface area contributed by atoms with Crippen LogP contribution in [0.1, 0.15) is 12.8 Å². The van der Waals surface area contributed by atoms with Crippen molar-refractivity contribution in [1.82, 2.24) is 9.78 Å². The van der Waals surface area contributed by atoms with Gasteiger partial charge in [-0.2, -0.15) is 5.10 Å². The third-order valence-corrected chi connectivity index (χ3v) is 4.33.